The van der Waals surface area contributed by atoms with Crippen molar-refractivity contribution in [2.75, 3.05) is 4.90 Å². The third-order valence-electron chi connectivity index (χ3n) is 3.86. The number of non-ortho nitro benzene ring substituents is 1. The van der Waals surface area contributed by atoms with Gasteiger partial charge in [0.05, 0.1) is 16.1 Å². The number of nitro groups is 1. The maximum atomic E-state index is 13.0. The number of furan rings is 1. The highest BCUT2D eigenvalue weighted by Gasteiger charge is 2.41. The Morgan fingerprint density at radius 3 is 2.52 bits per heavy atom. The Bertz CT molecular complexity index is 1000. The third kappa shape index (κ3) is 3.32. The summed E-state index contributed by atoms with van der Waals surface area (Å²) in [6, 6.07) is 11.2. The highest BCUT2D eigenvalue weighted by atomic mass is 32.2. The van der Waals surface area contributed by atoms with E-state index >= 15 is 0 Å². The van der Waals surface area contributed by atoms with Crippen LogP contribution in [0.5, 0.6) is 0 Å². The Balaban J connectivity index is 1.70. The molecule has 0 aliphatic carbocycles. The Labute approximate surface area is 157 Å². The van der Waals surface area contributed by atoms with Crippen LogP contribution in [0.15, 0.2) is 70.4 Å². The average Bonchev–Trinajstić information content (AvgIpc) is 3.32. The van der Waals surface area contributed by atoms with Crippen LogP contribution in [0.3, 0.4) is 0 Å². The van der Waals surface area contributed by atoms with Gasteiger partial charge in [-0.25, -0.2) is 9.97 Å². The molecule has 3 aromatic rings. The average molecular weight is 380 g/mol. The van der Waals surface area contributed by atoms with Crippen LogP contribution in [0.4, 0.5) is 11.6 Å². The lowest BCUT2D eigenvalue weighted by Crippen LogP contribution is -2.28. The highest BCUT2D eigenvalue weighted by molar-refractivity contribution is 8.05. The number of rotatable bonds is 4. The van der Waals surface area contributed by atoms with E-state index in [1.165, 1.54) is 28.8 Å². The summed E-state index contributed by atoms with van der Waals surface area (Å²) in [6.45, 7) is 0. The zero-order valence-corrected chi connectivity index (χ0v) is 14.6. The molecule has 0 bridgehead atoms. The minimum absolute atomic E-state index is 0.00433. The Morgan fingerprint density at radius 2 is 1.89 bits per heavy atom. The molecule has 1 atom stereocenters. The first-order valence-electron chi connectivity index (χ1n) is 7.90. The molecule has 134 valence electrons. The molecule has 2 aromatic heterocycles. The molecule has 1 unspecified atom stereocenters. The fraction of sp³-hybridized carbons (Fsp3) is 0.0556. The fourth-order valence-corrected chi connectivity index (χ4v) is 3.81. The van der Waals surface area contributed by atoms with E-state index in [2.05, 4.69) is 9.97 Å². The monoisotopic (exact) mass is 380 g/mol. The second-order valence-electron chi connectivity index (χ2n) is 5.57. The van der Waals surface area contributed by atoms with Crippen molar-refractivity contribution in [2.45, 2.75) is 5.37 Å². The SMILES string of the molecule is O=C1C(=Cc2ccc([N+](=O)[O-])cc2)SC(c2ccco2)N1c1ncccn1. The van der Waals surface area contributed by atoms with Crippen LogP contribution in [-0.2, 0) is 4.79 Å². The molecule has 0 radical (unpaired) electrons. The Hall–Kier alpha value is -3.46. The summed E-state index contributed by atoms with van der Waals surface area (Å²) in [6.07, 6.45) is 6.37. The van der Waals surface area contributed by atoms with Gasteiger partial charge in [0, 0.05) is 24.5 Å². The first-order valence-corrected chi connectivity index (χ1v) is 8.78. The van der Waals surface area contributed by atoms with E-state index in [9.17, 15) is 14.9 Å². The van der Waals surface area contributed by atoms with Gasteiger partial charge in [-0.15, -0.1) is 0 Å². The van der Waals surface area contributed by atoms with Crippen molar-refractivity contribution >= 4 is 35.4 Å². The lowest BCUT2D eigenvalue weighted by Gasteiger charge is -2.18. The summed E-state index contributed by atoms with van der Waals surface area (Å²) in [5.74, 6) is 0.627. The molecule has 9 heteroatoms. The number of anilines is 1. The van der Waals surface area contributed by atoms with Crippen molar-refractivity contribution in [1.29, 1.82) is 0 Å². The van der Waals surface area contributed by atoms with Crippen LogP contribution in [-0.4, -0.2) is 20.8 Å². The standard InChI is InChI=1S/C18H12N4O4S/c23-16-15(11-12-4-6-13(7-5-12)22(24)25)27-17(14-3-1-10-26-14)21(16)18-19-8-2-9-20-18/h1-11,17H. The van der Waals surface area contributed by atoms with Gasteiger partial charge in [0.1, 0.15) is 11.1 Å². The molecule has 4 rings (SSSR count). The van der Waals surface area contributed by atoms with Crippen molar-refractivity contribution in [3.8, 4) is 0 Å². The molecular formula is C18H12N4O4S. The van der Waals surface area contributed by atoms with Gasteiger partial charge in [0.2, 0.25) is 5.95 Å². The van der Waals surface area contributed by atoms with Gasteiger partial charge in [-0.05, 0) is 42.0 Å². The number of aromatic nitrogens is 2. The summed E-state index contributed by atoms with van der Waals surface area (Å²) in [5, 5.41) is 10.4. The van der Waals surface area contributed by atoms with Gasteiger partial charge in [-0.3, -0.25) is 19.8 Å². The van der Waals surface area contributed by atoms with Gasteiger partial charge in [-0.1, -0.05) is 11.8 Å². The highest BCUT2D eigenvalue weighted by Crippen LogP contribution is 2.47. The molecule has 1 saturated heterocycles. The first-order chi connectivity index (χ1) is 13.1. The molecule has 1 aliphatic rings. The predicted molar refractivity (Wildman–Crippen MR) is 99.6 cm³/mol. The lowest BCUT2D eigenvalue weighted by molar-refractivity contribution is -0.384. The van der Waals surface area contributed by atoms with Crippen molar-refractivity contribution < 1.29 is 14.1 Å². The van der Waals surface area contributed by atoms with Gasteiger partial charge < -0.3 is 4.42 Å². The number of thioether (sulfide) groups is 1. The minimum Gasteiger partial charge on any atom is -0.466 e. The maximum Gasteiger partial charge on any atom is 0.269 e. The normalized spacial score (nSPS) is 18.2. The van der Waals surface area contributed by atoms with Crippen LogP contribution >= 0.6 is 11.8 Å². The van der Waals surface area contributed by atoms with Gasteiger partial charge in [0.15, 0.2) is 0 Å². The van der Waals surface area contributed by atoms with Crippen molar-refractivity contribution in [3.05, 3.63) is 87.5 Å². The molecule has 8 nitrogen and oxygen atoms in total. The van der Waals surface area contributed by atoms with E-state index < -0.39 is 10.3 Å². The molecule has 27 heavy (non-hydrogen) atoms. The van der Waals surface area contributed by atoms with Gasteiger partial charge in [0.25, 0.3) is 11.6 Å². The summed E-state index contributed by atoms with van der Waals surface area (Å²) < 4.78 is 5.49. The molecule has 0 N–H and O–H groups in total. The summed E-state index contributed by atoms with van der Waals surface area (Å²) in [7, 11) is 0. The fourth-order valence-electron chi connectivity index (χ4n) is 2.62. The Morgan fingerprint density at radius 1 is 1.15 bits per heavy atom. The van der Waals surface area contributed by atoms with Crippen molar-refractivity contribution in [1.82, 2.24) is 9.97 Å². The van der Waals surface area contributed by atoms with E-state index in [4.69, 9.17) is 4.42 Å². The Kier molecular flexibility index (Phi) is 4.43. The number of carbonyl (C=O) groups is 1. The molecule has 1 aliphatic heterocycles. The predicted octanol–water partition coefficient (Wildman–Crippen LogP) is 3.80. The van der Waals surface area contributed by atoms with E-state index in [1.807, 2.05) is 0 Å². The molecule has 0 spiro atoms. The number of hydrogen-bond acceptors (Lipinski definition) is 7. The third-order valence-corrected chi connectivity index (χ3v) is 5.07. The molecule has 3 heterocycles. The smallest absolute Gasteiger partial charge is 0.269 e. The van der Waals surface area contributed by atoms with Crippen LogP contribution in [0.1, 0.15) is 16.7 Å². The van der Waals surface area contributed by atoms with E-state index in [1.54, 1.807) is 55.1 Å². The largest absolute Gasteiger partial charge is 0.466 e. The molecule has 1 fully saturated rings. The number of nitrogens with zero attached hydrogens (tertiary/aromatic N) is 4. The summed E-state index contributed by atoms with van der Waals surface area (Å²) >= 11 is 1.31. The molecular weight excluding hydrogens is 368 g/mol. The van der Waals surface area contributed by atoms with Crippen LogP contribution in [0.2, 0.25) is 0 Å². The van der Waals surface area contributed by atoms with Crippen molar-refractivity contribution in [3.63, 3.8) is 0 Å². The van der Waals surface area contributed by atoms with Crippen LogP contribution in [0.25, 0.3) is 6.08 Å². The van der Waals surface area contributed by atoms with Crippen LogP contribution < -0.4 is 4.90 Å². The topological polar surface area (TPSA) is 102 Å². The van der Waals surface area contributed by atoms with E-state index in [0.717, 1.165) is 0 Å². The summed E-state index contributed by atoms with van der Waals surface area (Å²) in [5.41, 5.74) is 0.681. The van der Waals surface area contributed by atoms with E-state index in [0.29, 0.717) is 16.2 Å². The minimum atomic E-state index is -0.464. The molecule has 1 aromatic carbocycles. The molecule has 1 amide bonds. The number of nitro benzene ring substituents is 1. The second-order valence-corrected chi connectivity index (χ2v) is 6.69. The zero-order valence-electron chi connectivity index (χ0n) is 13.8. The first kappa shape index (κ1) is 17.0. The zero-order chi connectivity index (χ0) is 18.8. The number of amides is 1. The quantitative estimate of drug-likeness (QED) is 0.385. The van der Waals surface area contributed by atoms with Gasteiger partial charge in [-0.2, -0.15) is 0 Å². The number of carbonyl (C=O) groups excluding carboxylic acids is 1. The van der Waals surface area contributed by atoms with Crippen LogP contribution in [0, 0.1) is 10.1 Å². The molecule has 0 saturated carbocycles. The van der Waals surface area contributed by atoms with E-state index in [-0.39, 0.29) is 17.5 Å². The second kappa shape index (κ2) is 7.04. The summed E-state index contributed by atoms with van der Waals surface area (Å²) in [4.78, 5) is 33.6. The van der Waals surface area contributed by atoms with Crippen molar-refractivity contribution in [2.24, 2.45) is 0 Å². The lowest BCUT2D eigenvalue weighted by atomic mass is 10.2. The maximum absolute atomic E-state index is 13.0. The van der Waals surface area contributed by atoms with Gasteiger partial charge >= 0.3 is 0 Å². The number of hydrogen-bond donors (Lipinski definition) is 0. The number of benzene rings is 1.